The average molecular weight is 347 g/mol. The van der Waals surface area contributed by atoms with Gasteiger partial charge in [0.25, 0.3) is 5.91 Å². The van der Waals surface area contributed by atoms with Crippen LogP contribution in [0.1, 0.15) is 28.8 Å². The molecule has 6 heteroatoms. The lowest BCUT2D eigenvalue weighted by Gasteiger charge is -2.43. The van der Waals surface area contributed by atoms with E-state index in [2.05, 4.69) is 24.8 Å². The summed E-state index contributed by atoms with van der Waals surface area (Å²) < 4.78 is 0. The zero-order valence-electron chi connectivity index (χ0n) is 14.8. The van der Waals surface area contributed by atoms with Gasteiger partial charge in [-0.1, -0.05) is 18.2 Å². The highest BCUT2D eigenvalue weighted by Crippen LogP contribution is 2.46. The van der Waals surface area contributed by atoms with E-state index in [1.54, 1.807) is 6.33 Å². The molecular formula is C20H21N5O. The van der Waals surface area contributed by atoms with Crippen molar-refractivity contribution in [1.29, 1.82) is 0 Å². The summed E-state index contributed by atoms with van der Waals surface area (Å²) >= 11 is 0. The van der Waals surface area contributed by atoms with Crippen LogP contribution < -0.4 is 4.90 Å². The molecule has 132 valence electrons. The summed E-state index contributed by atoms with van der Waals surface area (Å²) in [7, 11) is 0. The Kier molecular flexibility index (Phi) is 3.29. The standard InChI is InChI=1S/C20H21N5O/c1-14-4-2-3-5-15(14)19(26)25-11-10-24(12-20(25)7-8-20)18-16-6-9-21-17(16)22-13-23-18/h2-6,9,13H,7-8,10-12H2,1H3,(H,21,22,23). The molecule has 1 aliphatic heterocycles. The number of amides is 1. The van der Waals surface area contributed by atoms with E-state index in [1.165, 1.54) is 0 Å². The van der Waals surface area contributed by atoms with Crippen molar-refractivity contribution in [3.8, 4) is 0 Å². The number of aromatic amines is 1. The van der Waals surface area contributed by atoms with Crippen LogP contribution in [0.2, 0.25) is 0 Å². The average Bonchev–Trinajstić information content (AvgIpc) is 3.24. The highest BCUT2D eigenvalue weighted by molar-refractivity contribution is 5.96. The zero-order valence-corrected chi connectivity index (χ0v) is 14.8. The number of aromatic nitrogens is 3. The minimum absolute atomic E-state index is 0.0504. The second kappa shape index (κ2) is 5.56. The van der Waals surface area contributed by atoms with Crippen LogP contribution in [0.3, 0.4) is 0 Å². The fourth-order valence-electron chi connectivity index (χ4n) is 4.12. The van der Waals surface area contributed by atoms with Crippen LogP contribution in [0.4, 0.5) is 5.82 Å². The summed E-state index contributed by atoms with van der Waals surface area (Å²) in [6.45, 7) is 4.36. The van der Waals surface area contributed by atoms with E-state index in [4.69, 9.17) is 0 Å². The number of fused-ring (bicyclic) bond motifs is 1. The second-order valence-electron chi connectivity index (χ2n) is 7.35. The van der Waals surface area contributed by atoms with E-state index in [0.717, 1.165) is 60.5 Å². The van der Waals surface area contributed by atoms with Crippen molar-refractivity contribution in [1.82, 2.24) is 19.9 Å². The lowest BCUT2D eigenvalue weighted by molar-refractivity contribution is 0.0623. The van der Waals surface area contributed by atoms with Crippen LogP contribution in [0.5, 0.6) is 0 Å². The maximum Gasteiger partial charge on any atom is 0.254 e. The Morgan fingerprint density at radius 1 is 1.15 bits per heavy atom. The Hall–Kier alpha value is -2.89. The summed E-state index contributed by atoms with van der Waals surface area (Å²) in [4.78, 5) is 29.5. The van der Waals surface area contributed by atoms with Gasteiger partial charge in [-0.2, -0.15) is 0 Å². The monoisotopic (exact) mass is 347 g/mol. The molecule has 6 nitrogen and oxygen atoms in total. The molecule has 2 aromatic heterocycles. The van der Waals surface area contributed by atoms with Gasteiger partial charge in [-0.15, -0.1) is 0 Å². The molecule has 1 saturated heterocycles. The molecule has 0 atom stereocenters. The van der Waals surface area contributed by atoms with E-state index < -0.39 is 0 Å². The third-order valence-corrected chi connectivity index (χ3v) is 5.73. The first kappa shape index (κ1) is 15.4. The third kappa shape index (κ3) is 2.29. The normalized spacial score (nSPS) is 18.5. The predicted octanol–water partition coefficient (Wildman–Crippen LogP) is 2.76. The van der Waals surface area contributed by atoms with Crippen molar-refractivity contribution in [3.63, 3.8) is 0 Å². The molecule has 26 heavy (non-hydrogen) atoms. The molecule has 0 bridgehead atoms. The van der Waals surface area contributed by atoms with Gasteiger partial charge in [0.05, 0.1) is 10.9 Å². The Balaban J connectivity index is 1.44. The maximum atomic E-state index is 13.2. The number of nitrogens with zero attached hydrogens (tertiary/aromatic N) is 4. The van der Waals surface area contributed by atoms with Crippen molar-refractivity contribution in [2.24, 2.45) is 0 Å². The molecular weight excluding hydrogens is 326 g/mol. The number of nitrogens with one attached hydrogen (secondary N) is 1. The molecule has 1 aliphatic carbocycles. The zero-order chi connectivity index (χ0) is 17.7. The van der Waals surface area contributed by atoms with Gasteiger partial charge in [-0.3, -0.25) is 4.79 Å². The summed E-state index contributed by atoms with van der Waals surface area (Å²) in [5, 5.41) is 1.04. The third-order valence-electron chi connectivity index (χ3n) is 5.73. The largest absolute Gasteiger partial charge is 0.352 e. The minimum atomic E-state index is -0.0504. The van der Waals surface area contributed by atoms with Crippen LogP contribution in [-0.2, 0) is 0 Å². The highest BCUT2D eigenvalue weighted by Gasteiger charge is 2.53. The number of hydrogen-bond acceptors (Lipinski definition) is 4. The molecule has 3 heterocycles. The van der Waals surface area contributed by atoms with E-state index in [0.29, 0.717) is 0 Å². The molecule has 0 radical (unpaired) electrons. The van der Waals surface area contributed by atoms with Gasteiger partial charge in [-0.25, -0.2) is 9.97 Å². The molecule has 5 rings (SSSR count). The number of carbonyl (C=O) groups excluding carboxylic acids is 1. The number of H-pyrrole nitrogens is 1. The van der Waals surface area contributed by atoms with Gasteiger partial charge in [0.2, 0.25) is 0 Å². The summed E-state index contributed by atoms with van der Waals surface area (Å²) in [5.74, 6) is 1.13. The van der Waals surface area contributed by atoms with E-state index in [9.17, 15) is 4.79 Å². The lowest BCUT2D eigenvalue weighted by Crippen LogP contribution is -2.57. The number of hydrogen-bond donors (Lipinski definition) is 1. The van der Waals surface area contributed by atoms with Crippen molar-refractivity contribution in [2.75, 3.05) is 24.5 Å². The smallest absolute Gasteiger partial charge is 0.254 e. The van der Waals surface area contributed by atoms with Gasteiger partial charge < -0.3 is 14.8 Å². The van der Waals surface area contributed by atoms with Crippen LogP contribution in [-0.4, -0.2) is 50.9 Å². The minimum Gasteiger partial charge on any atom is -0.352 e. The summed E-state index contributed by atoms with van der Waals surface area (Å²) in [6, 6.07) is 9.89. The molecule has 1 aromatic carbocycles. The van der Waals surface area contributed by atoms with Crippen LogP contribution in [0.15, 0.2) is 42.9 Å². The van der Waals surface area contributed by atoms with Gasteiger partial charge in [0, 0.05) is 31.4 Å². The quantitative estimate of drug-likeness (QED) is 0.774. The van der Waals surface area contributed by atoms with Crippen molar-refractivity contribution >= 4 is 22.8 Å². The predicted molar refractivity (Wildman–Crippen MR) is 100 cm³/mol. The van der Waals surface area contributed by atoms with Crippen molar-refractivity contribution < 1.29 is 4.79 Å². The summed E-state index contributed by atoms with van der Waals surface area (Å²) in [5.41, 5.74) is 2.67. The first-order valence-corrected chi connectivity index (χ1v) is 9.09. The Bertz CT molecular complexity index is 991. The fourth-order valence-corrected chi connectivity index (χ4v) is 4.12. The number of rotatable bonds is 2. The van der Waals surface area contributed by atoms with Crippen LogP contribution in [0.25, 0.3) is 11.0 Å². The second-order valence-corrected chi connectivity index (χ2v) is 7.35. The van der Waals surface area contributed by atoms with Gasteiger partial charge in [0.15, 0.2) is 0 Å². The number of anilines is 1. The number of piperazine rings is 1. The molecule has 2 aliphatic rings. The first-order chi connectivity index (χ1) is 12.7. The van der Waals surface area contributed by atoms with E-state index in [1.807, 2.05) is 43.5 Å². The Labute approximate surface area is 151 Å². The molecule has 1 N–H and O–H groups in total. The summed E-state index contributed by atoms with van der Waals surface area (Å²) in [6.07, 6.45) is 5.62. The molecule has 0 unspecified atom stereocenters. The Morgan fingerprint density at radius 3 is 2.81 bits per heavy atom. The number of carbonyl (C=O) groups is 1. The lowest BCUT2D eigenvalue weighted by atomic mass is 10.0. The fraction of sp³-hybridized carbons (Fsp3) is 0.350. The first-order valence-electron chi connectivity index (χ1n) is 9.09. The number of benzene rings is 1. The molecule has 3 aromatic rings. The van der Waals surface area contributed by atoms with Gasteiger partial charge in [-0.05, 0) is 37.5 Å². The molecule has 1 spiro atoms. The van der Waals surface area contributed by atoms with E-state index >= 15 is 0 Å². The molecule has 1 saturated carbocycles. The maximum absolute atomic E-state index is 13.2. The SMILES string of the molecule is Cc1ccccc1C(=O)N1CCN(c2ncnc3[nH]ccc23)CC12CC2. The Morgan fingerprint density at radius 2 is 2.00 bits per heavy atom. The topological polar surface area (TPSA) is 65.1 Å². The van der Waals surface area contributed by atoms with Gasteiger partial charge in [0.1, 0.15) is 17.8 Å². The van der Waals surface area contributed by atoms with Crippen molar-refractivity contribution in [2.45, 2.75) is 25.3 Å². The van der Waals surface area contributed by atoms with E-state index in [-0.39, 0.29) is 11.4 Å². The number of aryl methyl sites for hydroxylation is 1. The van der Waals surface area contributed by atoms with Crippen LogP contribution >= 0.6 is 0 Å². The van der Waals surface area contributed by atoms with Crippen LogP contribution in [0, 0.1) is 6.92 Å². The molecule has 2 fully saturated rings. The highest BCUT2D eigenvalue weighted by atomic mass is 16.2. The molecule has 1 amide bonds. The van der Waals surface area contributed by atoms with Crippen molar-refractivity contribution in [3.05, 3.63) is 54.0 Å². The van der Waals surface area contributed by atoms with Gasteiger partial charge >= 0.3 is 0 Å².